The number of hydrogen-bond acceptors (Lipinski definition) is 3. The predicted molar refractivity (Wildman–Crippen MR) is 80.3 cm³/mol. The SMILES string of the molecule is CC(=O)[C@@]1(C)CC=C(CCCC(C)(C)OC=O)C[C@H]1C. The van der Waals surface area contributed by atoms with Gasteiger partial charge in [0.1, 0.15) is 11.4 Å². The summed E-state index contributed by atoms with van der Waals surface area (Å²) >= 11 is 0. The summed E-state index contributed by atoms with van der Waals surface area (Å²) in [5.74, 6) is 0.694. The maximum absolute atomic E-state index is 11.8. The number of ketones is 1. The summed E-state index contributed by atoms with van der Waals surface area (Å²) in [6.07, 6.45) is 7.01. The van der Waals surface area contributed by atoms with Gasteiger partial charge in [-0.1, -0.05) is 25.5 Å². The highest BCUT2D eigenvalue weighted by Gasteiger charge is 2.37. The molecule has 0 aromatic carbocycles. The lowest BCUT2D eigenvalue weighted by Gasteiger charge is -2.37. The first-order valence-corrected chi connectivity index (χ1v) is 7.52. The van der Waals surface area contributed by atoms with E-state index in [1.165, 1.54) is 5.57 Å². The molecule has 0 radical (unpaired) electrons. The quantitative estimate of drug-likeness (QED) is 0.522. The van der Waals surface area contributed by atoms with Crippen LogP contribution in [0.4, 0.5) is 0 Å². The molecule has 1 rings (SSSR count). The highest BCUT2D eigenvalue weighted by Crippen LogP contribution is 2.42. The Morgan fingerprint density at radius 3 is 2.70 bits per heavy atom. The molecule has 1 aliphatic carbocycles. The second-order valence-electron chi connectivity index (χ2n) is 6.97. The van der Waals surface area contributed by atoms with Gasteiger partial charge in [-0.2, -0.15) is 0 Å². The van der Waals surface area contributed by atoms with Crippen LogP contribution in [-0.2, 0) is 14.3 Å². The number of allylic oxidation sites excluding steroid dienone is 2. The number of ether oxygens (including phenoxy) is 1. The Bertz CT molecular complexity index is 395. The molecule has 0 aromatic heterocycles. The standard InChI is InChI=1S/C17H28O3/c1-13-11-15(8-10-17(13,5)14(2)19)7-6-9-16(3,4)20-12-18/h8,12-13H,6-7,9-11H2,1-5H3/t13-,17+/m1/s1. The number of rotatable bonds is 7. The van der Waals surface area contributed by atoms with Crippen molar-refractivity contribution in [3.8, 4) is 0 Å². The predicted octanol–water partition coefficient (Wildman–Crippen LogP) is 4.06. The van der Waals surface area contributed by atoms with E-state index in [-0.39, 0.29) is 11.0 Å². The molecule has 0 N–H and O–H groups in total. The van der Waals surface area contributed by atoms with Crippen molar-refractivity contribution in [2.24, 2.45) is 11.3 Å². The number of carbonyl (C=O) groups excluding carboxylic acids is 2. The zero-order valence-electron chi connectivity index (χ0n) is 13.5. The van der Waals surface area contributed by atoms with Crippen molar-refractivity contribution < 1.29 is 14.3 Å². The van der Waals surface area contributed by atoms with E-state index < -0.39 is 0 Å². The summed E-state index contributed by atoms with van der Waals surface area (Å²) in [7, 11) is 0. The van der Waals surface area contributed by atoms with E-state index in [2.05, 4.69) is 19.9 Å². The van der Waals surface area contributed by atoms with Gasteiger partial charge in [-0.05, 0) is 58.8 Å². The zero-order valence-corrected chi connectivity index (χ0v) is 13.5. The number of Topliss-reactive ketones (excluding diaryl/α,β-unsaturated/α-hetero) is 1. The summed E-state index contributed by atoms with van der Waals surface area (Å²) in [4.78, 5) is 22.2. The molecule has 0 unspecified atom stereocenters. The van der Waals surface area contributed by atoms with Crippen molar-refractivity contribution in [1.82, 2.24) is 0 Å². The Hall–Kier alpha value is -1.12. The number of hydrogen-bond donors (Lipinski definition) is 0. The van der Waals surface area contributed by atoms with Gasteiger partial charge in [0.2, 0.25) is 0 Å². The van der Waals surface area contributed by atoms with Crippen LogP contribution in [0, 0.1) is 11.3 Å². The molecule has 2 atom stereocenters. The monoisotopic (exact) mass is 280 g/mol. The van der Waals surface area contributed by atoms with Crippen molar-refractivity contribution in [3.63, 3.8) is 0 Å². The second kappa shape index (κ2) is 6.55. The van der Waals surface area contributed by atoms with Gasteiger partial charge in [0, 0.05) is 5.41 Å². The van der Waals surface area contributed by atoms with Crippen molar-refractivity contribution >= 4 is 12.3 Å². The molecule has 3 nitrogen and oxygen atoms in total. The zero-order chi connectivity index (χ0) is 15.4. The van der Waals surface area contributed by atoms with Crippen molar-refractivity contribution in [3.05, 3.63) is 11.6 Å². The lowest BCUT2D eigenvalue weighted by atomic mass is 9.66. The van der Waals surface area contributed by atoms with Gasteiger partial charge >= 0.3 is 0 Å². The van der Waals surface area contributed by atoms with Crippen molar-refractivity contribution in [2.45, 2.75) is 72.3 Å². The highest BCUT2D eigenvalue weighted by atomic mass is 16.5. The van der Waals surface area contributed by atoms with Crippen molar-refractivity contribution in [2.75, 3.05) is 0 Å². The van der Waals surface area contributed by atoms with E-state index in [0.29, 0.717) is 18.2 Å². The fourth-order valence-electron chi connectivity index (χ4n) is 2.88. The van der Waals surface area contributed by atoms with E-state index in [9.17, 15) is 9.59 Å². The molecule has 0 saturated heterocycles. The number of carbonyl (C=O) groups is 2. The lowest BCUT2D eigenvalue weighted by molar-refractivity contribution is -0.140. The smallest absolute Gasteiger partial charge is 0.293 e. The van der Waals surface area contributed by atoms with Crippen LogP contribution in [0.15, 0.2) is 11.6 Å². The van der Waals surface area contributed by atoms with E-state index in [4.69, 9.17) is 4.74 Å². The normalized spacial score (nSPS) is 26.9. The third kappa shape index (κ3) is 4.19. The summed E-state index contributed by atoms with van der Waals surface area (Å²) in [5, 5.41) is 0. The van der Waals surface area contributed by atoms with Gasteiger partial charge < -0.3 is 4.74 Å². The Labute approximate surface area is 122 Å². The molecule has 20 heavy (non-hydrogen) atoms. The van der Waals surface area contributed by atoms with Crippen LogP contribution in [0.5, 0.6) is 0 Å². The Kier molecular flexibility index (Phi) is 5.55. The van der Waals surface area contributed by atoms with E-state index >= 15 is 0 Å². The Morgan fingerprint density at radius 2 is 2.20 bits per heavy atom. The van der Waals surface area contributed by atoms with E-state index in [1.54, 1.807) is 6.92 Å². The third-order valence-corrected chi connectivity index (χ3v) is 4.92. The van der Waals surface area contributed by atoms with Gasteiger partial charge in [0.25, 0.3) is 6.47 Å². The molecule has 0 fully saturated rings. The van der Waals surface area contributed by atoms with Crippen LogP contribution in [0.1, 0.15) is 66.7 Å². The first kappa shape index (κ1) is 16.9. The average molecular weight is 280 g/mol. The summed E-state index contributed by atoms with van der Waals surface area (Å²) < 4.78 is 5.06. The van der Waals surface area contributed by atoms with E-state index in [0.717, 1.165) is 32.1 Å². The van der Waals surface area contributed by atoms with Crippen LogP contribution < -0.4 is 0 Å². The summed E-state index contributed by atoms with van der Waals surface area (Å²) in [5.41, 5.74) is 0.873. The molecule has 0 bridgehead atoms. The van der Waals surface area contributed by atoms with Crippen molar-refractivity contribution in [1.29, 1.82) is 0 Å². The summed E-state index contributed by atoms with van der Waals surface area (Å²) in [6, 6.07) is 0. The van der Waals surface area contributed by atoms with Gasteiger partial charge in [0.15, 0.2) is 0 Å². The first-order valence-electron chi connectivity index (χ1n) is 7.52. The first-order chi connectivity index (χ1) is 9.21. The van der Waals surface area contributed by atoms with Crippen LogP contribution in [0.25, 0.3) is 0 Å². The molecule has 0 aromatic rings. The van der Waals surface area contributed by atoms with Gasteiger partial charge in [-0.15, -0.1) is 0 Å². The van der Waals surface area contributed by atoms with Crippen LogP contribution in [0.2, 0.25) is 0 Å². The molecule has 0 amide bonds. The second-order valence-corrected chi connectivity index (χ2v) is 6.97. The molecule has 3 heteroatoms. The topological polar surface area (TPSA) is 43.4 Å². The van der Waals surface area contributed by atoms with Gasteiger partial charge in [0.05, 0.1) is 0 Å². The molecule has 0 spiro atoms. The third-order valence-electron chi connectivity index (χ3n) is 4.92. The molecule has 114 valence electrons. The molecule has 1 aliphatic rings. The lowest BCUT2D eigenvalue weighted by Crippen LogP contribution is -2.35. The minimum atomic E-state index is -0.378. The maximum Gasteiger partial charge on any atom is 0.293 e. The fraction of sp³-hybridized carbons (Fsp3) is 0.765. The molecular weight excluding hydrogens is 252 g/mol. The molecule has 0 saturated carbocycles. The minimum Gasteiger partial charge on any atom is -0.462 e. The Morgan fingerprint density at radius 1 is 1.55 bits per heavy atom. The van der Waals surface area contributed by atoms with Crippen LogP contribution in [-0.4, -0.2) is 17.9 Å². The Balaban J connectivity index is 2.50. The van der Waals surface area contributed by atoms with Crippen LogP contribution >= 0.6 is 0 Å². The van der Waals surface area contributed by atoms with Gasteiger partial charge in [-0.25, -0.2) is 0 Å². The van der Waals surface area contributed by atoms with Crippen LogP contribution in [0.3, 0.4) is 0 Å². The molecule has 0 aliphatic heterocycles. The summed E-state index contributed by atoms with van der Waals surface area (Å²) in [6.45, 7) is 10.4. The largest absolute Gasteiger partial charge is 0.462 e. The maximum atomic E-state index is 11.8. The molecule has 0 heterocycles. The molecular formula is C17H28O3. The highest BCUT2D eigenvalue weighted by molar-refractivity contribution is 5.82. The fourth-order valence-corrected chi connectivity index (χ4v) is 2.88. The van der Waals surface area contributed by atoms with E-state index in [1.807, 2.05) is 13.8 Å². The average Bonchev–Trinajstić information content (AvgIpc) is 2.33. The minimum absolute atomic E-state index is 0.191. The van der Waals surface area contributed by atoms with Gasteiger partial charge in [-0.3, -0.25) is 9.59 Å².